The van der Waals surface area contributed by atoms with Crippen molar-refractivity contribution in [2.24, 2.45) is 11.8 Å². The molecular formula is C25H39N3O3. The lowest BCUT2D eigenvalue weighted by Crippen LogP contribution is -2.58. The second-order valence-corrected chi connectivity index (χ2v) is 9.39. The topological polar surface area (TPSA) is 61.9 Å². The lowest BCUT2D eigenvalue weighted by Gasteiger charge is -2.41. The molecule has 3 rings (SSSR count). The Morgan fingerprint density at radius 3 is 2.29 bits per heavy atom. The number of methoxy groups -OCH3 is 1. The summed E-state index contributed by atoms with van der Waals surface area (Å²) in [4.78, 5) is 29.9. The number of nitrogens with one attached hydrogen (secondary N) is 1. The number of nitrogens with zero attached hydrogens (tertiary/aromatic N) is 2. The van der Waals surface area contributed by atoms with Gasteiger partial charge in [-0.1, -0.05) is 38.8 Å². The lowest BCUT2D eigenvalue weighted by atomic mass is 9.94. The maximum absolute atomic E-state index is 13.2. The molecule has 0 aromatic heterocycles. The highest BCUT2D eigenvalue weighted by Crippen LogP contribution is 2.31. The van der Waals surface area contributed by atoms with Crippen LogP contribution >= 0.6 is 0 Å². The average Bonchev–Trinajstić information content (AvgIpc) is 3.28. The highest BCUT2D eigenvalue weighted by atomic mass is 16.5. The molecule has 2 aliphatic rings. The molecule has 1 aliphatic heterocycles. The van der Waals surface area contributed by atoms with Gasteiger partial charge in [0.2, 0.25) is 11.8 Å². The molecule has 6 nitrogen and oxygen atoms in total. The van der Waals surface area contributed by atoms with E-state index in [-0.39, 0.29) is 17.9 Å². The van der Waals surface area contributed by atoms with Crippen LogP contribution in [-0.4, -0.2) is 67.5 Å². The Labute approximate surface area is 187 Å². The Morgan fingerprint density at radius 1 is 1.06 bits per heavy atom. The summed E-state index contributed by atoms with van der Waals surface area (Å²) in [6.45, 7) is 7.85. The zero-order valence-electron chi connectivity index (χ0n) is 19.4. The summed E-state index contributed by atoms with van der Waals surface area (Å²) in [6, 6.07) is 7.94. The van der Waals surface area contributed by atoms with E-state index in [0.717, 1.165) is 51.2 Å². The molecule has 1 N–H and O–H groups in total. The largest absolute Gasteiger partial charge is 0.497 e. The molecule has 1 atom stereocenters. The van der Waals surface area contributed by atoms with Crippen molar-refractivity contribution in [1.29, 1.82) is 0 Å². The Morgan fingerprint density at radius 2 is 1.71 bits per heavy atom. The molecule has 2 amide bonds. The fourth-order valence-corrected chi connectivity index (χ4v) is 4.91. The molecule has 1 unspecified atom stereocenters. The van der Waals surface area contributed by atoms with Crippen LogP contribution in [0, 0.1) is 11.8 Å². The van der Waals surface area contributed by atoms with Gasteiger partial charge in [0, 0.05) is 39.1 Å². The minimum atomic E-state index is -0.0688. The molecule has 6 heteroatoms. The van der Waals surface area contributed by atoms with Crippen LogP contribution in [0.4, 0.5) is 0 Å². The van der Waals surface area contributed by atoms with E-state index in [1.54, 1.807) is 7.11 Å². The predicted molar refractivity (Wildman–Crippen MR) is 123 cm³/mol. The molecule has 31 heavy (non-hydrogen) atoms. The predicted octanol–water partition coefficient (Wildman–Crippen LogP) is 3.10. The molecule has 0 radical (unpaired) electrons. The Balaban J connectivity index is 1.53. The summed E-state index contributed by atoms with van der Waals surface area (Å²) < 4.78 is 5.21. The van der Waals surface area contributed by atoms with Crippen LogP contribution in [0.2, 0.25) is 0 Å². The third-order valence-electron chi connectivity index (χ3n) is 6.63. The van der Waals surface area contributed by atoms with E-state index in [9.17, 15) is 9.59 Å². The molecule has 1 aliphatic carbocycles. The van der Waals surface area contributed by atoms with Crippen molar-refractivity contribution in [1.82, 2.24) is 15.1 Å². The van der Waals surface area contributed by atoms with E-state index < -0.39 is 0 Å². The normalized spacial score (nSPS) is 18.9. The maximum Gasteiger partial charge on any atom is 0.237 e. The van der Waals surface area contributed by atoms with Gasteiger partial charge in [0.1, 0.15) is 5.75 Å². The Hall–Kier alpha value is -2.08. The van der Waals surface area contributed by atoms with Crippen LogP contribution < -0.4 is 10.1 Å². The first-order valence-corrected chi connectivity index (χ1v) is 11.9. The first-order chi connectivity index (χ1) is 15.0. The van der Waals surface area contributed by atoms with Gasteiger partial charge in [0.15, 0.2) is 0 Å². The van der Waals surface area contributed by atoms with Gasteiger partial charge < -0.3 is 15.0 Å². The number of piperazine rings is 1. The summed E-state index contributed by atoms with van der Waals surface area (Å²) >= 11 is 0. The summed E-state index contributed by atoms with van der Waals surface area (Å²) in [5, 5.41) is 3.20. The minimum absolute atomic E-state index is 0.0688. The SMILES string of the molecule is COc1ccc(CCNC(=O)C(C2CCCC2)N2CCN(C(=O)CC(C)C)CC2)cc1. The van der Waals surface area contributed by atoms with Crippen LogP contribution in [0.1, 0.15) is 51.5 Å². The van der Waals surface area contributed by atoms with Crippen molar-refractivity contribution in [3.8, 4) is 5.75 Å². The number of carbonyl (C=O) groups excluding carboxylic acids is 2. The number of benzene rings is 1. The van der Waals surface area contributed by atoms with Crippen LogP contribution in [0.15, 0.2) is 24.3 Å². The van der Waals surface area contributed by atoms with Gasteiger partial charge in [-0.3, -0.25) is 14.5 Å². The van der Waals surface area contributed by atoms with E-state index in [0.29, 0.717) is 24.8 Å². The summed E-state index contributed by atoms with van der Waals surface area (Å²) in [7, 11) is 1.67. The summed E-state index contributed by atoms with van der Waals surface area (Å²) in [6.07, 6.45) is 6.11. The molecule has 0 spiro atoms. The quantitative estimate of drug-likeness (QED) is 0.655. The number of ether oxygens (including phenoxy) is 1. The monoisotopic (exact) mass is 429 g/mol. The first kappa shape index (κ1) is 23.6. The third-order valence-corrected chi connectivity index (χ3v) is 6.63. The zero-order chi connectivity index (χ0) is 22.2. The first-order valence-electron chi connectivity index (χ1n) is 11.9. The van der Waals surface area contributed by atoms with E-state index in [4.69, 9.17) is 4.74 Å². The summed E-state index contributed by atoms with van der Waals surface area (Å²) in [5.41, 5.74) is 1.19. The highest BCUT2D eigenvalue weighted by Gasteiger charge is 2.37. The van der Waals surface area contributed by atoms with Crippen molar-refractivity contribution in [2.45, 2.75) is 58.4 Å². The Bertz CT molecular complexity index is 705. The van der Waals surface area contributed by atoms with Gasteiger partial charge in [-0.05, 0) is 48.8 Å². The van der Waals surface area contributed by atoms with E-state index >= 15 is 0 Å². The maximum atomic E-state index is 13.2. The van der Waals surface area contributed by atoms with Gasteiger partial charge in [-0.2, -0.15) is 0 Å². The number of rotatable bonds is 9. The highest BCUT2D eigenvalue weighted by molar-refractivity contribution is 5.82. The van der Waals surface area contributed by atoms with Gasteiger partial charge in [0.05, 0.1) is 13.2 Å². The number of amides is 2. The average molecular weight is 430 g/mol. The van der Waals surface area contributed by atoms with Crippen molar-refractivity contribution in [3.05, 3.63) is 29.8 Å². The third kappa shape index (κ3) is 6.70. The van der Waals surface area contributed by atoms with E-state index in [2.05, 4.69) is 24.1 Å². The van der Waals surface area contributed by atoms with E-state index in [1.807, 2.05) is 29.2 Å². The molecule has 1 heterocycles. The minimum Gasteiger partial charge on any atom is -0.497 e. The van der Waals surface area contributed by atoms with Crippen LogP contribution in [0.25, 0.3) is 0 Å². The van der Waals surface area contributed by atoms with Gasteiger partial charge >= 0.3 is 0 Å². The molecule has 172 valence electrons. The molecule has 0 bridgehead atoms. The van der Waals surface area contributed by atoms with E-state index in [1.165, 1.54) is 18.4 Å². The van der Waals surface area contributed by atoms with Crippen molar-refractivity contribution in [2.75, 3.05) is 39.8 Å². The molecule has 2 fully saturated rings. The van der Waals surface area contributed by atoms with Crippen LogP contribution in [-0.2, 0) is 16.0 Å². The van der Waals surface area contributed by atoms with Crippen LogP contribution in [0.5, 0.6) is 5.75 Å². The second-order valence-electron chi connectivity index (χ2n) is 9.39. The lowest BCUT2D eigenvalue weighted by molar-refractivity contribution is -0.135. The molecule has 1 saturated carbocycles. The fraction of sp³-hybridized carbons (Fsp3) is 0.680. The van der Waals surface area contributed by atoms with Gasteiger partial charge in [-0.25, -0.2) is 0 Å². The number of carbonyl (C=O) groups is 2. The van der Waals surface area contributed by atoms with Crippen LogP contribution in [0.3, 0.4) is 0 Å². The zero-order valence-corrected chi connectivity index (χ0v) is 19.4. The summed E-state index contributed by atoms with van der Waals surface area (Å²) in [5.74, 6) is 2.06. The number of hydrogen-bond acceptors (Lipinski definition) is 4. The second kappa shape index (κ2) is 11.5. The standard InChI is InChI=1S/C25H39N3O3/c1-19(2)18-23(29)27-14-16-28(17-15-27)24(21-6-4-5-7-21)25(30)26-13-12-20-8-10-22(31-3)11-9-20/h8-11,19,21,24H,4-7,12-18H2,1-3H3,(H,26,30). The number of hydrogen-bond donors (Lipinski definition) is 1. The molecule has 1 aromatic rings. The smallest absolute Gasteiger partial charge is 0.237 e. The van der Waals surface area contributed by atoms with Crippen molar-refractivity contribution >= 4 is 11.8 Å². The van der Waals surface area contributed by atoms with Crippen molar-refractivity contribution < 1.29 is 14.3 Å². The van der Waals surface area contributed by atoms with Gasteiger partial charge in [-0.15, -0.1) is 0 Å². The molecule has 1 aromatic carbocycles. The molecular weight excluding hydrogens is 390 g/mol. The Kier molecular flexibility index (Phi) is 8.76. The van der Waals surface area contributed by atoms with Crippen molar-refractivity contribution in [3.63, 3.8) is 0 Å². The fourth-order valence-electron chi connectivity index (χ4n) is 4.91. The molecule has 1 saturated heterocycles. The van der Waals surface area contributed by atoms with Gasteiger partial charge in [0.25, 0.3) is 0 Å².